The Morgan fingerprint density at radius 3 is 2.67 bits per heavy atom. The quantitative estimate of drug-likeness (QED) is 0.581. The number of ether oxygens (including phenoxy) is 5. The number of fused-ring (bicyclic) bond motifs is 3. The van der Waals surface area contributed by atoms with E-state index in [0.29, 0.717) is 0 Å². The second-order valence-corrected chi connectivity index (χ2v) is 6.24. The van der Waals surface area contributed by atoms with Crippen LogP contribution in [-0.2, 0) is 28.5 Å². The summed E-state index contributed by atoms with van der Waals surface area (Å²) >= 11 is 0. The summed E-state index contributed by atoms with van der Waals surface area (Å²) in [6.07, 6.45) is -1.61. The van der Waals surface area contributed by atoms with Gasteiger partial charge in [0.25, 0.3) is 0 Å². The molecule has 0 spiro atoms. The van der Waals surface area contributed by atoms with Gasteiger partial charge in [-0.3, -0.25) is 0 Å². The second-order valence-electron chi connectivity index (χ2n) is 6.24. The smallest absolute Gasteiger partial charge is 0.336 e. The molecule has 0 aromatic carbocycles. The molecule has 0 aromatic heterocycles. The fraction of sp³-hybridized carbons (Fsp3) is 0.800. The molecule has 3 aliphatic rings. The Bertz CT molecular complexity index is 459. The molecule has 6 heteroatoms. The number of rotatable bonds is 3. The molecule has 3 saturated heterocycles. The average Bonchev–Trinajstić information content (AvgIpc) is 2.87. The van der Waals surface area contributed by atoms with E-state index in [2.05, 4.69) is 6.58 Å². The largest absolute Gasteiger partial charge is 0.453 e. The maximum atomic E-state index is 12.0. The lowest BCUT2D eigenvalue weighted by atomic mass is 9.96. The monoisotopic (exact) mass is 298 g/mol. The predicted octanol–water partition coefficient (Wildman–Crippen LogP) is 1.53. The van der Waals surface area contributed by atoms with Crippen LogP contribution < -0.4 is 0 Å². The van der Waals surface area contributed by atoms with Crippen LogP contribution in [0.3, 0.4) is 0 Å². The van der Waals surface area contributed by atoms with E-state index < -0.39 is 42.5 Å². The van der Waals surface area contributed by atoms with Gasteiger partial charge in [0, 0.05) is 0 Å². The van der Waals surface area contributed by atoms with Crippen molar-refractivity contribution in [1.29, 1.82) is 0 Å². The lowest BCUT2D eigenvalue weighted by molar-refractivity contribution is -0.237. The van der Waals surface area contributed by atoms with Gasteiger partial charge in [-0.05, 0) is 27.2 Å². The molecule has 0 radical (unpaired) electrons. The Kier molecular flexibility index (Phi) is 3.60. The Hall–Kier alpha value is -0.950. The standard InChI is InChI=1S/C15H22O6/c1-6-7(2)17-9-8(3)13(16)18-11-10(9)19-14-12(11)20-15(4,5)21-14/h7,9-12,14H,3,6H2,1-2,4-5H3/t7?,9-,10-,11+,12-,14-/m1/s1. The van der Waals surface area contributed by atoms with Gasteiger partial charge in [-0.15, -0.1) is 0 Å². The lowest BCUT2D eigenvalue weighted by Gasteiger charge is -2.36. The molecular formula is C15H22O6. The van der Waals surface area contributed by atoms with Crippen molar-refractivity contribution in [3.63, 3.8) is 0 Å². The maximum absolute atomic E-state index is 12.0. The molecule has 118 valence electrons. The molecule has 3 fully saturated rings. The SMILES string of the molecule is C=C1C(=O)O[C@@H]2[C@H]3OC(C)(C)O[C@H]3O[C@@H]2[C@@H]1OC(C)CC. The van der Waals surface area contributed by atoms with Crippen molar-refractivity contribution in [3.8, 4) is 0 Å². The molecule has 6 nitrogen and oxygen atoms in total. The van der Waals surface area contributed by atoms with Crippen molar-refractivity contribution in [2.45, 2.75) is 76.7 Å². The summed E-state index contributed by atoms with van der Waals surface area (Å²) in [7, 11) is 0. The topological polar surface area (TPSA) is 63.2 Å². The van der Waals surface area contributed by atoms with E-state index in [1.54, 1.807) is 13.8 Å². The average molecular weight is 298 g/mol. The van der Waals surface area contributed by atoms with Crippen molar-refractivity contribution >= 4 is 5.97 Å². The Labute approximate surface area is 124 Å². The molecule has 0 aromatic rings. The Morgan fingerprint density at radius 1 is 1.29 bits per heavy atom. The second kappa shape index (κ2) is 5.05. The zero-order valence-corrected chi connectivity index (χ0v) is 12.8. The molecule has 0 N–H and O–H groups in total. The Morgan fingerprint density at radius 2 is 2.00 bits per heavy atom. The lowest BCUT2D eigenvalue weighted by Crippen LogP contribution is -2.51. The van der Waals surface area contributed by atoms with Crippen molar-refractivity contribution < 1.29 is 28.5 Å². The van der Waals surface area contributed by atoms with Crippen LogP contribution in [0.15, 0.2) is 12.2 Å². The van der Waals surface area contributed by atoms with Gasteiger partial charge in [-0.2, -0.15) is 0 Å². The van der Waals surface area contributed by atoms with E-state index in [9.17, 15) is 4.79 Å². The molecule has 0 saturated carbocycles. The van der Waals surface area contributed by atoms with Gasteiger partial charge in [0.1, 0.15) is 12.2 Å². The van der Waals surface area contributed by atoms with Crippen LogP contribution in [0, 0.1) is 0 Å². The first-order valence-corrected chi connectivity index (χ1v) is 7.38. The highest BCUT2D eigenvalue weighted by molar-refractivity contribution is 5.90. The van der Waals surface area contributed by atoms with Crippen LogP contribution in [-0.4, -0.2) is 48.6 Å². The van der Waals surface area contributed by atoms with Crippen molar-refractivity contribution in [2.75, 3.05) is 0 Å². The van der Waals surface area contributed by atoms with Crippen LogP contribution >= 0.6 is 0 Å². The third-order valence-electron chi connectivity index (χ3n) is 4.13. The van der Waals surface area contributed by atoms with Gasteiger partial charge in [-0.1, -0.05) is 13.5 Å². The molecule has 3 heterocycles. The van der Waals surface area contributed by atoms with Crippen molar-refractivity contribution in [1.82, 2.24) is 0 Å². The molecule has 0 bridgehead atoms. The first kappa shape index (κ1) is 15.0. The van der Waals surface area contributed by atoms with Gasteiger partial charge in [0.2, 0.25) is 0 Å². The highest BCUT2D eigenvalue weighted by atomic mass is 16.8. The highest BCUT2D eigenvalue weighted by Crippen LogP contribution is 2.43. The van der Waals surface area contributed by atoms with E-state index >= 15 is 0 Å². The van der Waals surface area contributed by atoms with Gasteiger partial charge in [0.15, 0.2) is 24.3 Å². The predicted molar refractivity (Wildman–Crippen MR) is 72.3 cm³/mol. The van der Waals surface area contributed by atoms with E-state index in [0.717, 1.165) is 6.42 Å². The Balaban J connectivity index is 1.81. The number of hydrogen-bond donors (Lipinski definition) is 0. The van der Waals surface area contributed by atoms with Gasteiger partial charge >= 0.3 is 5.97 Å². The molecular weight excluding hydrogens is 276 g/mol. The van der Waals surface area contributed by atoms with Crippen LogP contribution in [0.1, 0.15) is 34.1 Å². The molecule has 3 aliphatic heterocycles. The molecule has 3 rings (SSSR count). The summed E-state index contributed by atoms with van der Waals surface area (Å²) in [5.41, 5.74) is 0.288. The summed E-state index contributed by atoms with van der Waals surface area (Å²) in [5.74, 6) is -1.20. The summed E-state index contributed by atoms with van der Waals surface area (Å²) in [6.45, 7) is 11.4. The maximum Gasteiger partial charge on any atom is 0.336 e. The van der Waals surface area contributed by atoms with E-state index in [1.165, 1.54) is 0 Å². The fourth-order valence-electron chi connectivity index (χ4n) is 2.90. The van der Waals surface area contributed by atoms with Crippen LogP contribution in [0.25, 0.3) is 0 Å². The third-order valence-corrected chi connectivity index (χ3v) is 4.13. The van der Waals surface area contributed by atoms with E-state index in [1.807, 2.05) is 13.8 Å². The van der Waals surface area contributed by atoms with E-state index in [-0.39, 0.29) is 11.7 Å². The number of hydrogen-bond acceptors (Lipinski definition) is 6. The van der Waals surface area contributed by atoms with Crippen LogP contribution in [0.5, 0.6) is 0 Å². The highest BCUT2D eigenvalue weighted by Gasteiger charge is 2.61. The molecule has 1 unspecified atom stereocenters. The first-order valence-electron chi connectivity index (χ1n) is 7.38. The van der Waals surface area contributed by atoms with Crippen LogP contribution in [0.4, 0.5) is 0 Å². The normalized spacial score (nSPS) is 42.4. The summed E-state index contributed by atoms with van der Waals surface area (Å²) in [5, 5.41) is 0. The number of carbonyl (C=O) groups excluding carboxylic acids is 1. The fourth-order valence-corrected chi connectivity index (χ4v) is 2.90. The third kappa shape index (κ3) is 2.50. The van der Waals surface area contributed by atoms with Crippen molar-refractivity contribution in [2.24, 2.45) is 0 Å². The summed E-state index contributed by atoms with van der Waals surface area (Å²) < 4.78 is 28.7. The van der Waals surface area contributed by atoms with Gasteiger partial charge in [-0.25, -0.2) is 4.79 Å². The first-order chi connectivity index (χ1) is 9.82. The van der Waals surface area contributed by atoms with E-state index in [4.69, 9.17) is 23.7 Å². The summed E-state index contributed by atoms with van der Waals surface area (Å²) in [6, 6.07) is 0. The van der Waals surface area contributed by atoms with Crippen LogP contribution in [0.2, 0.25) is 0 Å². The zero-order valence-electron chi connectivity index (χ0n) is 12.8. The molecule has 0 aliphatic carbocycles. The van der Waals surface area contributed by atoms with Gasteiger partial charge in [0.05, 0.1) is 11.7 Å². The summed E-state index contributed by atoms with van der Waals surface area (Å²) in [4.78, 5) is 12.0. The molecule has 21 heavy (non-hydrogen) atoms. The zero-order chi connectivity index (χ0) is 15.4. The van der Waals surface area contributed by atoms with Crippen molar-refractivity contribution in [3.05, 3.63) is 12.2 Å². The molecule has 0 amide bonds. The number of esters is 1. The minimum atomic E-state index is -0.742. The molecule has 6 atom stereocenters. The number of carbonyl (C=O) groups is 1. The van der Waals surface area contributed by atoms with Gasteiger partial charge < -0.3 is 23.7 Å². The minimum Gasteiger partial charge on any atom is -0.453 e. The minimum absolute atomic E-state index is 0.000572.